The molecule has 8 N–H and O–H groups in total. The fourth-order valence-corrected chi connectivity index (χ4v) is 3.52. The Hall–Kier alpha value is -3.05. The van der Waals surface area contributed by atoms with E-state index in [9.17, 15) is 13.0 Å². The molecule has 2 aromatic carbocycles. The Kier molecular flexibility index (Phi) is 7.75. The van der Waals surface area contributed by atoms with Gasteiger partial charge in [-0.2, -0.15) is 23.4 Å². The third kappa shape index (κ3) is 6.47. The van der Waals surface area contributed by atoms with E-state index in [1.54, 1.807) is 0 Å². The number of nitrogen functional groups attached to an aromatic ring is 1. The van der Waals surface area contributed by atoms with Crippen LogP contribution in [0.15, 0.2) is 52.3 Å². The number of nitrogens with two attached hydrogens (primary N) is 2. The summed E-state index contributed by atoms with van der Waals surface area (Å²) in [6.07, 6.45) is 0. The molecule has 170 valence electrons. The molecule has 0 saturated carbocycles. The summed E-state index contributed by atoms with van der Waals surface area (Å²) in [7, 11) is -4.49. The normalized spacial score (nSPS) is 11.3. The number of aromatic nitrogens is 3. The van der Waals surface area contributed by atoms with Gasteiger partial charge in [0, 0.05) is 13.1 Å². The zero-order valence-electron chi connectivity index (χ0n) is 16.3. The smallest absolute Gasteiger partial charge is 0.294 e. The van der Waals surface area contributed by atoms with Gasteiger partial charge in [0.25, 0.3) is 10.1 Å². The van der Waals surface area contributed by atoms with Crippen LogP contribution in [0.5, 0.6) is 0 Å². The topological polar surface area (TPSA) is 208 Å². The molecule has 0 aliphatic carbocycles. The zero-order valence-corrected chi connectivity index (χ0v) is 17.9. The Labute approximate surface area is 187 Å². The average Bonchev–Trinajstić information content (AvgIpc) is 2.76. The Morgan fingerprint density at radius 1 is 1.06 bits per heavy atom. The highest BCUT2D eigenvalue weighted by atomic mass is 32.2. The summed E-state index contributed by atoms with van der Waals surface area (Å²) in [4.78, 5) is 12.1. The van der Waals surface area contributed by atoms with Gasteiger partial charge < -0.3 is 22.1 Å². The van der Waals surface area contributed by atoms with Gasteiger partial charge >= 0.3 is 0 Å². The van der Waals surface area contributed by atoms with Crippen molar-refractivity contribution < 1.29 is 27.6 Å². The highest BCUT2D eigenvalue weighted by molar-refractivity contribution is 7.94. The number of nitrogens with one attached hydrogen (secondary N) is 2. The van der Waals surface area contributed by atoms with E-state index in [4.69, 9.17) is 16.7 Å². The lowest BCUT2D eigenvalue weighted by Gasteiger charge is -2.12. The molecular weight excluding hydrogens is 462 g/mol. The number of hydrogen-bond acceptors (Lipinski definition) is 13. The molecule has 0 aliphatic heterocycles. The minimum atomic E-state index is -4.49. The number of nitrogens with zero attached hydrogens (tertiary/aromatic N) is 3. The second-order valence-corrected chi connectivity index (χ2v) is 8.37. The molecule has 0 unspecified atom stereocenters. The van der Waals surface area contributed by atoms with Crippen LogP contribution >= 0.6 is 12.0 Å². The third-order valence-electron chi connectivity index (χ3n) is 3.98. The van der Waals surface area contributed by atoms with Gasteiger partial charge in [0.2, 0.25) is 17.8 Å². The van der Waals surface area contributed by atoms with Crippen molar-refractivity contribution in [3.05, 3.63) is 53.6 Å². The largest absolute Gasteiger partial charge is 0.368 e. The maximum atomic E-state index is 11.5. The van der Waals surface area contributed by atoms with Crippen LogP contribution in [0, 0.1) is 0 Å². The van der Waals surface area contributed by atoms with Crippen LogP contribution in [-0.4, -0.2) is 33.2 Å². The van der Waals surface area contributed by atoms with Crippen LogP contribution in [0.4, 0.5) is 23.5 Å². The molecule has 32 heavy (non-hydrogen) atoms. The molecule has 1 aromatic heterocycles. The van der Waals surface area contributed by atoms with Crippen LogP contribution in [0.3, 0.4) is 0 Å². The number of hydrogen-bond donors (Lipinski definition) is 6. The van der Waals surface area contributed by atoms with Crippen LogP contribution in [-0.2, 0) is 32.6 Å². The predicted molar refractivity (Wildman–Crippen MR) is 116 cm³/mol. The summed E-state index contributed by atoms with van der Waals surface area (Å²) >= 11 is 0.566. The molecule has 13 nitrogen and oxygen atoms in total. The molecule has 0 aliphatic rings. The van der Waals surface area contributed by atoms with Crippen LogP contribution in [0.1, 0.15) is 11.1 Å². The Morgan fingerprint density at radius 3 is 2.53 bits per heavy atom. The fraction of sp³-hybridized carbons (Fsp3) is 0.118. The number of anilines is 4. The summed E-state index contributed by atoms with van der Waals surface area (Å²) in [5, 5.41) is 17.8. The molecule has 0 spiro atoms. The minimum Gasteiger partial charge on any atom is -0.368 e. The number of rotatable bonds is 10. The van der Waals surface area contributed by atoms with Gasteiger partial charge in [-0.1, -0.05) is 29.3 Å². The minimum absolute atomic E-state index is 0.0186. The molecule has 3 rings (SSSR count). The Morgan fingerprint density at radius 2 is 1.81 bits per heavy atom. The molecular formula is C17H19N7O6S2. The van der Waals surface area contributed by atoms with E-state index in [0.717, 1.165) is 23.3 Å². The fourth-order valence-electron chi connectivity index (χ4n) is 2.59. The maximum Gasteiger partial charge on any atom is 0.294 e. The molecule has 0 saturated heterocycles. The highest BCUT2D eigenvalue weighted by Gasteiger charge is 2.16. The first-order valence-corrected chi connectivity index (χ1v) is 11.0. The third-order valence-corrected chi connectivity index (χ3v) is 5.49. The predicted octanol–water partition coefficient (Wildman–Crippen LogP) is 1.94. The van der Waals surface area contributed by atoms with Gasteiger partial charge in [-0.3, -0.25) is 4.55 Å². The van der Waals surface area contributed by atoms with Crippen molar-refractivity contribution in [3.63, 3.8) is 0 Å². The van der Waals surface area contributed by atoms with E-state index >= 15 is 0 Å². The van der Waals surface area contributed by atoms with Crippen LogP contribution in [0.2, 0.25) is 0 Å². The van der Waals surface area contributed by atoms with Gasteiger partial charge in [0.15, 0.2) is 0 Å². The van der Waals surface area contributed by atoms with E-state index in [1.807, 2.05) is 24.3 Å². The first-order chi connectivity index (χ1) is 15.3. The summed E-state index contributed by atoms with van der Waals surface area (Å²) in [6.45, 7) is 0.798. The Bertz CT molecular complexity index is 1200. The highest BCUT2D eigenvalue weighted by Crippen LogP contribution is 2.32. The molecule has 1 heterocycles. The van der Waals surface area contributed by atoms with Gasteiger partial charge in [-0.15, -0.1) is 4.33 Å². The lowest BCUT2D eigenvalue weighted by atomic mass is 10.1. The quantitative estimate of drug-likeness (QED) is 0.106. The molecule has 0 bridgehead atoms. The van der Waals surface area contributed by atoms with Gasteiger partial charge in [0.1, 0.15) is 0 Å². The summed E-state index contributed by atoms with van der Waals surface area (Å²) < 4.78 is 36.7. The van der Waals surface area contributed by atoms with Crippen LogP contribution in [0.25, 0.3) is 0 Å². The second-order valence-electron chi connectivity index (χ2n) is 6.20. The summed E-state index contributed by atoms with van der Waals surface area (Å²) in [5.74, 6) is 0.0407. The standard InChI is InChI=1S/C17H19N7O6S2/c18-8-10-2-1-3-11(6-10)9-20-16-22-15(19)23-17(24-16)21-13-7-12(32(26,27)28)4-5-14(13)31-30-29-25/h1-7,25H,8-9,18H2,(H,26,27,28)(H4,19,20,21,22,23,24). The van der Waals surface area contributed by atoms with E-state index in [-0.39, 0.29) is 28.4 Å². The average molecular weight is 482 g/mol. The summed E-state index contributed by atoms with van der Waals surface area (Å²) in [5.41, 5.74) is 13.5. The monoisotopic (exact) mass is 481 g/mol. The molecule has 0 fully saturated rings. The first-order valence-electron chi connectivity index (χ1n) is 8.85. The van der Waals surface area contributed by atoms with Crippen molar-refractivity contribution >= 4 is 45.7 Å². The van der Waals surface area contributed by atoms with E-state index in [2.05, 4.69) is 35.0 Å². The maximum absolute atomic E-state index is 11.5. The SMILES string of the molecule is NCc1cccc(CNc2nc(N)nc(Nc3cc(S(=O)(=O)O)ccc3SOOO)n2)c1. The molecule has 0 amide bonds. The number of benzene rings is 2. The van der Waals surface area contributed by atoms with Gasteiger partial charge in [-0.05, 0) is 29.3 Å². The Balaban J connectivity index is 1.84. The van der Waals surface area contributed by atoms with Crippen molar-refractivity contribution in [1.29, 1.82) is 0 Å². The molecule has 15 heteroatoms. The van der Waals surface area contributed by atoms with Crippen molar-refractivity contribution in [3.8, 4) is 0 Å². The van der Waals surface area contributed by atoms with Crippen LogP contribution < -0.4 is 22.1 Å². The van der Waals surface area contributed by atoms with Gasteiger partial charge in [-0.25, -0.2) is 5.26 Å². The molecule has 3 aromatic rings. The van der Waals surface area contributed by atoms with E-state index in [0.29, 0.717) is 25.1 Å². The van der Waals surface area contributed by atoms with Crippen molar-refractivity contribution in [2.24, 2.45) is 5.73 Å². The lowest BCUT2D eigenvalue weighted by molar-refractivity contribution is -0.432. The van der Waals surface area contributed by atoms with Gasteiger partial charge in [0.05, 0.1) is 27.5 Å². The molecule has 0 atom stereocenters. The second kappa shape index (κ2) is 10.5. The van der Waals surface area contributed by atoms with Crippen molar-refractivity contribution in [2.75, 3.05) is 16.4 Å². The van der Waals surface area contributed by atoms with E-state index < -0.39 is 15.0 Å². The summed E-state index contributed by atoms with van der Waals surface area (Å²) in [6, 6.07) is 11.2. The first kappa shape index (κ1) is 23.6. The zero-order chi connectivity index (χ0) is 23.1. The van der Waals surface area contributed by atoms with E-state index in [1.165, 1.54) is 6.07 Å². The molecule has 0 radical (unpaired) electrons. The van der Waals surface area contributed by atoms with Crippen molar-refractivity contribution in [2.45, 2.75) is 22.9 Å². The lowest BCUT2D eigenvalue weighted by Crippen LogP contribution is -2.10. The van der Waals surface area contributed by atoms with Crippen molar-refractivity contribution in [1.82, 2.24) is 15.0 Å².